The van der Waals surface area contributed by atoms with Gasteiger partial charge in [0.15, 0.2) is 0 Å². The van der Waals surface area contributed by atoms with Crippen molar-refractivity contribution in [2.24, 2.45) is 5.41 Å². The minimum absolute atomic E-state index is 0.0425. The third kappa shape index (κ3) is 3.78. The molecule has 1 saturated heterocycles. The molecule has 0 aromatic rings. The Morgan fingerprint density at radius 3 is 2.21 bits per heavy atom. The fourth-order valence-electron chi connectivity index (χ4n) is 3.40. The van der Waals surface area contributed by atoms with Crippen molar-refractivity contribution in [1.29, 1.82) is 0 Å². The van der Waals surface area contributed by atoms with Crippen molar-refractivity contribution in [3.63, 3.8) is 0 Å². The Morgan fingerprint density at radius 2 is 1.71 bits per heavy atom. The minimum Gasteiger partial charge on any atom is -0.458 e. The van der Waals surface area contributed by atoms with Crippen LogP contribution in [-0.4, -0.2) is 30.4 Å². The first-order chi connectivity index (χ1) is 10.9. The van der Waals surface area contributed by atoms with E-state index in [1.165, 1.54) is 12.5 Å². The summed E-state index contributed by atoms with van der Waals surface area (Å²) in [5.41, 5.74) is 1.69. The molecule has 1 heterocycles. The predicted octanol–water partition coefficient (Wildman–Crippen LogP) is 4.24. The molecule has 2 aliphatic rings. The van der Waals surface area contributed by atoms with Crippen LogP contribution in [0.25, 0.3) is 0 Å². The molecule has 4 nitrogen and oxygen atoms in total. The van der Waals surface area contributed by atoms with Crippen LogP contribution in [0.2, 0.25) is 0 Å². The summed E-state index contributed by atoms with van der Waals surface area (Å²) in [6.07, 6.45) is 3.80. The molecule has 1 fully saturated rings. The van der Waals surface area contributed by atoms with E-state index in [-0.39, 0.29) is 35.8 Å². The van der Waals surface area contributed by atoms with Gasteiger partial charge in [-0.15, -0.1) is 0 Å². The maximum absolute atomic E-state index is 11.3. The highest BCUT2D eigenvalue weighted by Gasteiger charge is 2.50. The molecule has 0 spiro atoms. The van der Waals surface area contributed by atoms with E-state index in [2.05, 4.69) is 26.8 Å². The molecule has 5 heteroatoms. The third-order valence-electron chi connectivity index (χ3n) is 5.67. The molecule has 2 rings (SSSR count). The van der Waals surface area contributed by atoms with Crippen LogP contribution in [-0.2, 0) is 18.8 Å². The van der Waals surface area contributed by atoms with Crippen LogP contribution in [0.3, 0.4) is 0 Å². The molecule has 0 unspecified atom stereocenters. The Balaban J connectivity index is 2.23. The van der Waals surface area contributed by atoms with E-state index in [4.69, 9.17) is 14.0 Å². The average molecular weight is 334 g/mol. The van der Waals surface area contributed by atoms with Gasteiger partial charge in [0.05, 0.1) is 11.2 Å². The summed E-state index contributed by atoms with van der Waals surface area (Å²) < 4.78 is 17.5. The van der Waals surface area contributed by atoms with Gasteiger partial charge in [-0.2, -0.15) is 0 Å². The second kappa shape index (κ2) is 6.34. The van der Waals surface area contributed by atoms with Crippen LogP contribution in [0.4, 0.5) is 0 Å². The maximum Gasteiger partial charge on any atom is 0.487 e. The molecule has 1 aliphatic heterocycles. The van der Waals surface area contributed by atoms with Gasteiger partial charge < -0.3 is 14.0 Å². The Hall–Kier alpha value is -1.07. The molecule has 0 N–H and O–H groups in total. The summed E-state index contributed by atoms with van der Waals surface area (Å²) in [5, 5.41) is 0. The smallest absolute Gasteiger partial charge is 0.458 e. The molecule has 0 aromatic carbocycles. The summed E-state index contributed by atoms with van der Waals surface area (Å²) in [7, 11) is -0.361. The van der Waals surface area contributed by atoms with Crippen molar-refractivity contribution < 1.29 is 18.8 Å². The van der Waals surface area contributed by atoms with Crippen molar-refractivity contribution in [3.05, 3.63) is 23.2 Å². The van der Waals surface area contributed by atoms with Gasteiger partial charge in [-0.25, -0.2) is 0 Å². The summed E-state index contributed by atoms with van der Waals surface area (Å²) in [5.74, 6) is 1.75. The van der Waals surface area contributed by atoms with E-state index >= 15 is 0 Å². The highest BCUT2D eigenvalue weighted by molar-refractivity contribution is 6.51. The van der Waals surface area contributed by atoms with Crippen molar-refractivity contribution in [2.45, 2.75) is 85.5 Å². The second-order valence-corrected chi connectivity index (χ2v) is 8.60. The van der Waals surface area contributed by atoms with Crippen LogP contribution in [0.1, 0.15) is 68.2 Å². The number of allylic oxidation sites excluding steroid dienone is 2. The summed E-state index contributed by atoms with van der Waals surface area (Å²) in [6, 6.07) is 0. The van der Waals surface area contributed by atoms with E-state index in [1.54, 1.807) is 0 Å². The molecule has 134 valence electrons. The van der Waals surface area contributed by atoms with Gasteiger partial charge in [-0.05, 0) is 64.0 Å². The van der Waals surface area contributed by atoms with Gasteiger partial charge in [-0.1, -0.05) is 25.9 Å². The van der Waals surface area contributed by atoms with E-state index < -0.39 is 0 Å². The largest absolute Gasteiger partial charge is 0.487 e. The van der Waals surface area contributed by atoms with Gasteiger partial charge in [0.1, 0.15) is 6.10 Å². The fraction of sp³-hybridized carbons (Fsp3) is 0.737. The van der Waals surface area contributed by atoms with E-state index in [0.29, 0.717) is 0 Å². The Labute approximate surface area is 146 Å². The number of carbonyl (C=O) groups excluding carboxylic acids is 1. The highest BCUT2D eigenvalue weighted by Crippen LogP contribution is 2.42. The molecule has 0 bridgehead atoms. The molecule has 1 aliphatic carbocycles. The Bertz CT molecular complexity index is 556. The van der Waals surface area contributed by atoms with E-state index in [0.717, 1.165) is 18.4 Å². The molecular formula is C19H31BO4. The lowest BCUT2D eigenvalue weighted by Gasteiger charge is -2.37. The molecular weight excluding hydrogens is 303 g/mol. The first kappa shape index (κ1) is 19.3. The van der Waals surface area contributed by atoms with Gasteiger partial charge in [-0.3, -0.25) is 4.79 Å². The fourth-order valence-corrected chi connectivity index (χ4v) is 3.40. The summed E-state index contributed by atoms with van der Waals surface area (Å²) in [4.78, 5) is 11.3. The van der Waals surface area contributed by atoms with Crippen molar-refractivity contribution in [1.82, 2.24) is 0 Å². The summed E-state index contributed by atoms with van der Waals surface area (Å²) >= 11 is 0. The normalized spacial score (nSPS) is 28.5. The lowest BCUT2D eigenvalue weighted by molar-refractivity contribution is -0.145. The number of carbonyl (C=O) groups is 1. The van der Waals surface area contributed by atoms with Crippen molar-refractivity contribution in [3.8, 4) is 0 Å². The number of hydrogen-bond acceptors (Lipinski definition) is 4. The first-order valence-corrected chi connectivity index (χ1v) is 8.78. The molecule has 1 atom stereocenters. The standard InChI is InChI=1S/C19H31BO4/c1-13-15(17(3,4)11-9-16(13)22-14(2)21)10-12-20-23-18(5,6)19(7,8)24-20/h10,12,16H,9,11H2,1-8H3/b12-10+/t16-/m1/s1. The third-order valence-corrected chi connectivity index (χ3v) is 5.67. The van der Waals surface area contributed by atoms with Crippen LogP contribution in [0.5, 0.6) is 0 Å². The quantitative estimate of drug-likeness (QED) is 0.572. The lowest BCUT2D eigenvalue weighted by atomic mass is 9.70. The van der Waals surface area contributed by atoms with Gasteiger partial charge >= 0.3 is 13.1 Å². The van der Waals surface area contributed by atoms with E-state index in [9.17, 15) is 4.79 Å². The molecule has 24 heavy (non-hydrogen) atoms. The van der Waals surface area contributed by atoms with Crippen LogP contribution >= 0.6 is 0 Å². The second-order valence-electron chi connectivity index (χ2n) is 8.60. The van der Waals surface area contributed by atoms with Crippen molar-refractivity contribution in [2.75, 3.05) is 0 Å². The summed E-state index contributed by atoms with van der Waals surface area (Å²) in [6.45, 7) is 16.2. The van der Waals surface area contributed by atoms with Gasteiger partial charge in [0, 0.05) is 6.92 Å². The highest BCUT2D eigenvalue weighted by atomic mass is 16.7. The number of esters is 1. The molecule has 0 radical (unpaired) electrons. The topological polar surface area (TPSA) is 44.8 Å². The van der Waals surface area contributed by atoms with Crippen LogP contribution < -0.4 is 0 Å². The zero-order chi connectivity index (χ0) is 18.3. The number of ether oxygens (including phenoxy) is 1. The lowest BCUT2D eigenvalue weighted by Crippen LogP contribution is -2.41. The predicted molar refractivity (Wildman–Crippen MR) is 96.5 cm³/mol. The van der Waals surface area contributed by atoms with Crippen molar-refractivity contribution >= 4 is 13.1 Å². The monoisotopic (exact) mass is 334 g/mol. The minimum atomic E-state index is -0.361. The average Bonchev–Trinajstić information content (AvgIpc) is 2.60. The van der Waals surface area contributed by atoms with Crippen LogP contribution in [0, 0.1) is 5.41 Å². The molecule has 0 amide bonds. The number of rotatable bonds is 3. The molecule has 0 saturated carbocycles. The Kier molecular flexibility index (Phi) is 5.09. The number of hydrogen-bond donors (Lipinski definition) is 0. The Morgan fingerprint density at radius 1 is 1.17 bits per heavy atom. The SMILES string of the molecule is CC(=O)O[C@@H]1CCC(C)(C)C(/C=C/B2OC(C)(C)C(C)(C)O2)=C1C. The first-order valence-electron chi connectivity index (χ1n) is 8.78. The zero-order valence-corrected chi connectivity index (χ0v) is 16.4. The maximum atomic E-state index is 11.3. The van der Waals surface area contributed by atoms with E-state index in [1.807, 2.05) is 33.7 Å². The van der Waals surface area contributed by atoms with Crippen LogP contribution in [0.15, 0.2) is 23.2 Å². The zero-order valence-electron chi connectivity index (χ0n) is 16.4. The van der Waals surface area contributed by atoms with Gasteiger partial charge in [0.25, 0.3) is 0 Å². The molecule has 0 aromatic heterocycles. The van der Waals surface area contributed by atoms with Gasteiger partial charge in [0.2, 0.25) is 0 Å².